The molecule has 0 amide bonds. The van der Waals surface area contributed by atoms with Gasteiger partial charge in [0, 0.05) is 13.2 Å². The lowest BCUT2D eigenvalue weighted by atomic mass is 10.0. The van der Waals surface area contributed by atoms with E-state index in [0.717, 1.165) is 25.1 Å². The largest absolute Gasteiger partial charge is 0.465 e. The van der Waals surface area contributed by atoms with Gasteiger partial charge in [0.05, 0.1) is 29.6 Å². The highest BCUT2D eigenvalue weighted by Crippen LogP contribution is 2.28. The first-order valence-electron chi connectivity index (χ1n) is 6.40. The van der Waals surface area contributed by atoms with E-state index in [-0.39, 0.29) is 5.60 Å². The summed E-state index contributed by atoms with van der Waals surface area (Å²) in [5, 5.41) is 3.26. The minimum Gasteiger partial charge on any atom is -0.465 e. The van der Waals surface area contributed by atoms with Crippen LogP contribution < -0.4 is 11.1 Å². The predicted molar refractivity (Wildman–Crippen MR) is 74.3 cm³/mol. The first-order chi connectivity index (χ1) is 9.06. The van der Waals surface area contributed by atoms with Crippen molar-refractivity contribution in [2.24, 2.45) is 0 Å². The van der Waals surface area contributed by atoms with Gasteiger partial charge in [-0.3, -0.25) is 0 Å². The molecular formula is C14H20N2O3. The first kappa shape index (κ1) is 13.7. The number of esters is 1. The standard InChI is InChI=1S/C14H20N2O3/c1-14(7-4-8-19-14)9-16-11-6-3-5-10(12(11)15)13(17)18-2/h3,5-6,16H,4,7-9,15H2,1-2H3. The fraction of sp³-hybridized carbons (Fsp3) is 0.500. The van der Waals surface area contributed by atoms with Gasteiger partial charge in [0.25, 0.3) is 0 Å². The summed E-state index contributed by atoms with van der Waals surface area (Å²) in [5.74, 6) is -0.426. The summed E-state index contributed by atoms with van der Waals surface area (Å²) in [6.45, 7) is 3.55. The summed E-state index contributed by atoms with van der Waals surface area (Å²) in [5.41, 5.74) is 7.35. The lowest BCUT2D eigenvalue weighted by molar-refractivity contribution is 0.0315. The highest BCUT2D eigenvalue weighted by Gasteiger charge is 2.29. The van der Waals surface area contributed by atoms with Crippen molar-refractivity contribution >= 4 is 17.3 Å². The number of nitrogens with one attached hydrogen (secondary N) is 1. The van der Waals surface area contributed by atoms with Crippen molar-refractivity contribution in [3.8, 4) is 0 Å². The topological polar surface area (TPSA) is 73.6 Å². The second kappa shape index (κ2) is 5.48. The average Bonchev–Trinajstić information content (AvgIpc) is 2.84. The third-order valence-electron chi connectivity index (χ3n) is 3.46. The highest BCUT2D eigenvalue weighted by atomic mass is 16.5. The Morgan fingerprint density at radius 1 is 1.58 bits per heavy atom. The van der Waals surface area contributed by atoms with Crippen LogP contribution in [0.4, 0.5) is 11.4 Å². The normalized spacial score (nSPS) is 22.2. The molecular weight excluding hydrogens is 244 g/mol. The molecule has 0 aromatic heterocycles. The Bertz CT molecular complexity index is 468. The smallest absolute Gasteiger partial charge is 0.340 e. The molecule has 1 atom stereocenters. The lowest BCUT2D eigenvalue weighted by Gasteiger charge is -2.24. The number of ether oxygens (including phenoxy) is 2. The zero-order valence-corrected chi connectivity index (χ0v) is 11.4. The van der Waals surface area contributed by atoms with Gasteiger partial charge < -0.3 is 20.5 Å². The number of methoxy groups -OCH3 is 1. The maximum absolute atomic E-state index is 11.6. The molecule has 1 heterocycles. The fourth-order valence-electron chi connectivity index (χ4n) is 2.27. The molecule has 2 rings (SSSR count). The van der Waals surface area contributed by atoms with E-state index in [1.165, 1.54) is 7.11 Å². The van der Waals surface area contributed by atoms with Crippen molar-refractivity contribution in [2.45, 2.75) is 25.4 Å². The zero-order valence-electron chi connectivity index (χ0n) is 11.4. The molecule has 1 unspecified atom stereocenters. The summed E-state index contributed by atoms with van der Waals surface area (Å²) < 4.78 is 10.4. The Morgan fingerprint density at radius 3 is 3.00 bits per heavy atom. The molecule has 1 aliphatic heterocycles. The monoisotopic (exact) mass is 264 g/mol. The quantitative estimate of drug-likeness (QED) is 0.643. The van der Waals surface area contributed by atoms with Crippen molar-refractivity contribution in [1.29, 1.82) is 0 Å². The maximum atomic E-state index is 11.6. The molecule has 5 nitrogen and oxygen atoms in total. The highest BCUT2D eigenvalue weighted by molar-refractivity contribution is 5.98. The van der Waals surface area contributed by atoms with E-state index in [9.17, 15) is 4.79 Å². The number of para-hydroxylation sites is 1. The Kier molecular flexibility index (Phi) is 3.95. The van der Waals surface area contributed by atoms with E-state index in [1.807, 2.05) is 6.07 Å². The molecule has 3 N–H and O–H groups in total. The van der Waals surface area contributed by atoms with Gasteiger partial charge in [-0.1, -0.05) is 6.07 Å². The molecule has 1 saturated heterocycles. The first-order valence-corrected chi connectivity index (χ1v) is 6.40. The number of nitrogen functional groups attached to an aromatic ring is 1. The second-order valence-electron chi connectivity index (χ2n) is 5.01. The summed E-state index contributed by atoms with van der Waals surface area (Å²) in [4.78, 5) is 11.6. The van der Waals surface area contributed by atoms with Gasteiger partial charge in [-0.15, -0.1) is 0 Å². The van der Waals surface area contributed by atoms with Crippen LogP contribution in [0.2, 0.25) is 0 Å². The molecule has 0 spiro atoms. The van der Waals surface area contributed by atoms with E-state index >= 15 is 0 Å². The molecule has 1 fully saturated rings. The van der Waals surface area contributed by atoms with Crippen LogP contribution in [0, 0.1) is 0 Å². The number of anilines is 2. The van der Waals surface area contributed by atoms with E-state index in [4.69, 9.17) is 15.2 Å². The van der Waals surface area contributed by atoms with Gasteiger partial charge in [0.15, 0.2) is 0 Å². The van der Waals surface area contributed by atoms with Crippen molar-refractivity contribution in [3.05, 3.63) is 23.8 Å². The summed E-state index contributed by atoms with van der Waals surface area (Å²) in [6.07, 6.45) is 2.10. The Hall–Kier alpha value is -1.75. The Labute approximate surface area is 113 Å². The lowest BCUT2D eigenvalue weighted by Crippen LogP contribution is -2.32. The van der Waals surface area contributed by atoms with E-state index < -0.39 is 5.97 Å². The van der Waals surface area contributed by atoms with Crippen molar-refractivity contribution < 1.29 is 14.3 Å². The van der Waals surface area contributed by atoms with Gasteiger partial charge in [0.1, 0.15) is 0 Å². The van der Waals surface area contributed by atoms with Crippen LogP contribution in [-0.4, -0.2) is 31.8 Å². The SMILES string of the molecule is COC(=O)c1cccc(NCC2(C)CCCO2)c1N. The van der Waals surface area contributed by atoms with Crippen LogP contribution in [0.25, 0.3) is 0 Å². The predicted octanol–water partition coefficient (Wildman–Crippen LogP) is 2.04. The van der Waals surface area contributed by atoms with E-state index in [2.05, 4.69) is 12.2 Å². The van der Waals surface area contributed by atoms with Crippen molar-refractivity contribution in [2.75, 3.05) is 31.3 Å². The molecule has 19 heavy (non-hydrogen) atoms. The molecule has 104 valence electrons. The molecule has 1 aliphatic rings. The van der Waals surface area contributed by atoms with Crippen LogP contribution in [0.3, 0.4) is 0 Å². The zero-order chi connectivity index (χ0) is 13.9. The second-order valence-corrected chi connectivity index (χ2v) is 5.01. The van der Waals surface area contributed by atoms with Gasteiger partial charge >= 0.3 is 5.97 Å². The number of carbonyl (C=O) groups excluding carboxylic acids is 1. The average molecular weight is 264 g/mol. The third kappa shape index (κ3) is 2.98. The minimum atomic E-state index is -0.426. The summed E-state index contributed by atoms with van der Waals surface area (Å²) >= 11 is 0. The van der Waals surface area contributed by atoms with Gasteiger partial charge in [-0.2, -0.15) is 0 Å². The minimum absolute atomic E-state index is 0.159. The van der Waals surface area contributed by atoms with Gasteiger partial charge in [0.2, 0.25) is 0 Å². The van der Waals surface area contributed by atoms with Crippen LogP contribution >= 0.6 is 0 Å². The Balaban J connectivity index is 2.10. The van der Waals surface area contributed by atoms with Gasteiger partial charge in [-0.05, 0) is 31.9 Å². The Morgan fingerprint density at radius 2 is 2.37 bits per heavy atom. The molecule has 1 aromatic rings. The van der Waals surface area contributed by atoms with Crippen LogP contribution in [0.1, 0.15) is 30.1 Å². The number of carbonyl (C=O) groups is 1. The fourth-order valence-corrected chi connectivity index (χ4v) is 2.27. The van der Waals surface area contributed by atoms with Crippen LogP contribution in [0.15, 0.2) is 18.2 Å². The van der Waals surface area contributed by atoms with Crippen molar-refractivity contribution in [1.82, 2.24) is 0 Å². The van der Waals surface area contributed by atoms with Gasteiger partial charge in [-0.25, -0.2) is 4.79 Å². The molecule has 0 aliphatic carbocycles. The number of rotatable bonds is 4. The molecule has 0 bridgehead atoms. The van der Waals surface area contributed by atoms with Crippen LogP contribution in [-0.2, 0) is 9.47 Å². The molecule has 0 radical (unpaired) electrons. The summed E-state index contributed by atoms with van der Waals surface area (Å²) in [7, 11) is 1.34. The van der Waals surface area contributed by atoms with E-state index in [1.54, 1.807) is 12.1 Å². The van der Waals surface area contributed by atoms with Crippen LogP contribution in [0.5, 0.6) is 0 Å². The molecule has 0 saturated carbocycles. The third-order valence-corrected chi connectivity index (χ3v) is 3.46. The summed E-state index contributed by atoms with van der Waals surface area (Å²) in [6, 6.07) is 5.28. The number of hydrogen-bond donors (Lipinski definition) is 2. The number of benzene rings is 1. The maximum Gasteiger partial charge on any atom is 0.340 e. The van der Waals surface area contributed by atoms with E-state index in [0.29, 0.717) is 17.8 Å². The number of nitrogens with two attached hydrogens (primary N) is 1. The number of hydrogen-bond acceptors (Lipinski definition) is 5. The molecule has 1 aromatic carbocycles. The molecule has 5 heteroatoms. The van der Waals surface area contributed by atoms with Crippen molar-refractivity contribution in [3.63, 3.8) is 0 Å².